The highest BCUT2D eigenvalue weighted by molar-refractivity contribution is 6.04. The van der Waals surface area contributed by atoms with Crippen LogP contribution in [0.2, 0.25) is 0 Å². The summed E-state index contributed by atoms with van der Waals surface area (Å²) in [5.74, 6) is -0.261. The van der Waals surface area contributed by atoms with E-state index in [1.54, 1.807) is 27.7 Å². The van der Waals surface area contributed by atoms with E-state index in [2.05, 4.69) is 20.5 Å². The molecule has 0 aliphatic rings. The summed E-state index contributed by atoms with van der Waals surface area (Å²) in [7, 11) is 1.89. The van der Waals surface area contributed by atoms with Gasteiger partial charge in [-0.05, 0) is 44.0 Å². The molecule has 0 unspecified atom stereocenters. The normalized spacial score (nSPS) is 11.1. The van der Waals surface area contributed by atoms with Crippen LogP contribution in [0.1, 0.15) is 27.3 Å². The van der Waals surface area contributed by atoms with Gasteiger partial charge in [-0.2, -0.15) is 10.2 Å². The molecule has 7 nitrogen and oxygen atoms in total. The largest absolute Gasteiger partial charge is 0.320 e. The van der Waals surface area contributed by atoms with Gasteiger partial charge in [0.2, 0.25) is 0 Å². The van der Waals surface area contributed by atoms with Crippen LogP contribution in [0.3, 0.4) is 0 Å². The molecule has 0 fully saturated rings. The van der Waals surface area contributed by atoms with E-state index in [4.69, 9.17) is 0 Å². The Balaban J connectivity index is 1.73. The van der Waals surface area contributed by atoms with Crippen molar-refractivity contribution in [3.05, 3.63) is 65.2 Å². The summed E-state index contributed by atoms with van der Waals surface area (Å²) >= 11 is 0. The summed E-state index contributed by atoms with van der Waals surface area (Å²) in [4.78, 5) is 17.1. The Morgan fingerprint density at radius 3 is 2.67 bits per heavy atom. The van der Waals surface area contributed by atoms with Crippen LogP contribution in [-0.4, -0.2) is 30.3 Å². The number of benzene rings is 1. The number of aryl methyl sites for hydroxylation is 3. The van der Waals surface area contributed by atoms with Gasteiger partial charge in [0.05, 0.1) is 11.9 Å². The number of aromatic nitrogens is 5. The highest BCUT2D eigenvalue weighted by atomic mass is 16.1. The zero-order valence-electron chi connectivity index (χ0n) is 15.7. The lowest BCUT2D eigenvalue weighted by Gasteiger charge is -2.08. The van der Waals surface area contributed by atoms with Crippen molar-refractivity contribution < 1.29 is 4.79 Å². The molecule has 1 N–H and O–H groups in total. The molecule has 0 aliphatic heterocycles. The number of hydrogen-bond acceptors (Lipinski definition) is 4. The SMILES string of the molecule is Cc1ccc(C)c(NC(=O)c2cc3nccc(-c4cnn(C)c4C)n3n2)c1. The van der Waals surface area contributed by atoms with Crippen LogP contribution in [0.4, 0.5) is 5.69 Å². The zero-order chi connectivity index (χ0) is 19.1. The van der Waals surface area contributed by atoms with E-state index in [1.807, 2.05) is 52.1 Å². The van der Waals surface area contributed by atoms with Gasteiger partial charge in [-0.1, -0.05) is 12.1 Å². The van der Waals surface area contributed by atoms with E-state index in [-0.39, 0.29) is 5.91 Å². The molecule has 0 atom stereocenters. The zero-order valence-corrected chi connectivity index (χ0v) is 15.7. The van der Waals surface area contributed by atoms with Crippen LogP contribution in [0.15, 0.2) is 42.7 Å². The number of nitrogens with zero attached hydrogens (tertiary/aromatic N) is 5. The molecule has 7 heteroatoms. The van der Waals surface area contributed by atoms with E-state index in [0.29, 0.717) is 11.3 Å². The molecule has 0 radical (unpaired) electrons. The second kappa shape index (κ2) is 6.35. The quantitative estimate of drug-likeness (QED) is 0.608. The molecule has 3 heterocycles. The van der Waals surface area contributed by atoms with Crippen LogP contribution in [0, 0.1) is 20.8 Å². The summed E-state index contributed by atoms with van der Waals surface area (Å²) in [6.07, 6.45) is 3.51. The van der Waals surface area contributed by atoms with E-state index in [0.717, 1.165) is 33.8 Å². The number of hydrogen-bond donors (Lipinski definition) is 1. The minimum absolute atomic E-state index is 0.261. The molecule has 4 rings (SSSR count). The molecule has 0 saturated carbocycles. The molecule has 1 amide bonds. The topological polar surface area (TPSA) is 77.1 Å². The van der Waals surface area contributed by atoms with Crippen LogP contribution in [0.25, 0.3) is 16.9 Å². The number of carbonyl (C=O) groups excluding carboxylic acids is 1. The molecule has 0 bridgehead atoms. The first-order valence-corrected chi connectivity index (χ1v) is 8.66. The Morgan fingerprint density at radius 2 is 1.93 bits per heavy atom. The number of rotatable bonds is 3. The average molecular weight is 360 g/mol. The molecule has 3 aromatic heterocycles. The lowest BCUT2D eigenvalue weighted by Crippen LogP contribution is -2.13. The van der Waals surface area contributed by atoms with E-state index in [9.17, 15) is 4.79 Å². The minimum Gasteiger partial charge on any atom is -0.320 e. The van der Waals surface area contributed by atoms with E-state index < -0.39 is 0 Å². The highest BCUT2D eigenvalue weighted by Gasteiger charge is 2.17. The first-order chi connectivity index (χ1) is 12.9. The predicted octanol–water partition coefficient (Wildman–Crippen LogP) is 3.31. The maximum Gasteiger partial charge on any atom is 0.276 e. The molecule has 1 aromatic carbocycles. The third kappa shape index (κ3) is 2.97. The first kappa shape index (κ1) is 17.0. The van der Waals surface area contributed by atoms with Crippen molar-refractivity contribution in [2.24, 2.45) is 7.05 Å². The average Bonchev–Trinajstić information content (AvgIpc) is 3.22. The molecule has 27 heavy (non-hydrogen) atoms. The first-order valence-electron chi connectivity index (χ1n) is 8.66. The van der Waals surface area contributed by atoms with Gasteiger partial charge in [-0.15, -0.1) is 0 Å². The van der Waals surface area contributed by atoms with Crippen molar-refractivity contribution in [1.82, 2.24) is 24.4 Å². The van der Waals surface area contributed by atoms with Crippen molar-refractivity contribution in [1.29, 1.82) is 0 Å². The molecule has 0 saturated heterocycles. The summed E-state index contributed by atoms with van der Waals surface area (Å²) < 4.78 is 3.49. The fourth-order valence-electron chi connectivity index (χ4n) is 3.02. The molecule has 4 aromatic rings. The summed E-state index contributed by atoms with van der Waals surface area (Å²) in [6.45, 7) is 5.95. The van der Waals surface area contributed by atoms with Crippen molar-refractivity contribution in [3.8, 4) is 11.3 Å². The third-order valence-electron chi connectivity index (χ3n) is 4.74. The van der Waals surface area contributed by atoms with Gasteiger partial charge >= 0.3 is 0 Å². The second-order valence-electron chi connectivity index (χ2n) is 6.67. The molecular weight excluding hydrogens is 340 g/mol. The minimum atomic E-state index is -0.261. The number of anilines is 1. The molecule has 136 valence electrons. The number of carbonyl (C=O) groups is 1. The number of amides is 1. The van der Waals surface area contributed by atoms with Crippen molar-refractivity contribution in [3.63, 3.8) is 0 Å². The van der Waals surface area contributed by atoms with Gasteiger partial charge in [0.25, 0.3) is 5.91 Å². The van der Waals surface area contributed by atoms with Crippen LogP contribution in [0.5, 0.6) is 0 Å². The molecule has 0 spiro atoms. The Morgan fingerprint density at radius 1 is 1.11 bits per heavy atom. The van der Waals surface area contributed by atoms with Gasteiger partial charge < -0.3 is 5.32 Å². The standard InChI is InChI=1S/C20H20N6O/c1-12-5-6-13(2)16(9-12)23-20(27)17-10-19-21-8-7-18(26(19)24-17)15-11-22-25(4)14(15)3/h5-11H,1-4H3,(H,23,27). The van der Waals surface area contributed by atoms with Gasteiger partial charge in [0, 0.05) is 36.3 Å². The fourth-order valence-corrected chi connectivity index (χ4v) is 3.02. The van der Waals surface area contributed by atoms with E-state index >= 15 is 0 Å². The summed E-state index contributed by atoms with van der Waals surface area (Å²) in [5.41, 5.74) is 6.61. The maximum atomic E-state index is 12.7. The predicted molar refractivity (Wildman–Crippen MR) is 104 cm³/mol. The second-order valence-corrected chi connectivity index (χ2v) is 6.67. The maximum absolute atomic E-state index is 12.7. The van der Waals surface area contributed by atoms with Gasteiger partial charge in [0.15, 0.2) is 11.3 Å². The van der Waals surface area contributed by atoms with Gasteiger partial charge in [-0.3, -0.25) is 9.48 Å². The molecular formula is C20H20N6O. The van der Waals surface area contributed by atoms with Gasteiger partial charge in [0.1, 0.15) is 0 Å². The monoisotopic (exact) mass is 360 g/mol. The van der Waals surface area contributed by atoms with Crippen molar-refractivity contribution >= 4 is 17.2 Å². The van der Waals surface area contributed by atoms with E-state index in [1.165, 1.54) is 0 Å². The fraction of sp³-hybridized carbons (Fsp3) is 0.200. The van der Waals surface area contributed by atoms with Crippen molar-refractivity contribution in [2.75, 3.05) is 5.32 Å². The highest BCUT2D eigenvalue weighted by Crippen LogP contribution is 2.23. The Hall–Kier alpha value is -3.48. The van der Waals surface area contributed by atoms with Crippen molar-refractivity contribution in [2.45, 2.75) is 20.8 Å². The molecule has 0 aliphatic carbocycles. The van der Waals surface area contributed by atoms with Crippen LogP contribution < -0.4 is 5.32 Å². The Bertz CT molecular complexity index is 1170. The van der Waals surface area contributed by atoms with Crippen LogP contribution >= 0.6 is 0 Å². The smallest absolute Gasteiger partial charge is 0.276 e. The number of nitrogens with one attached hydrogen (secondary N) is 1. The third-order valence-corrected chi connectivity index (χ3v) is 4.74. The lowest BCUT2D eigenvalue weighted by molar-refractivity contribution is 0.102. The Kier molecular flexibility index (Phi) is 3.99. The van der Waals surface area contributed by atoms with Crippen LogP contribution in [-0.2, 0) is 7.05 Å². The van der Waals surface area contributed by atoms with Gasteiger partial charge in [-0.25, -0.2) is 9.50 Å². The summed E-state index contributed by atoms with van der Waals surface area (Å²) in [6, 6.07) is 9.51. The lowest BCUT2D eigenvalue weighted by atomic mass is 10.1. The summed E-state index contributed by atoms with van der Waals surface area (Å²) in [5, 5.41) is 11.7. The number of fused-ring (bicyclic) bond motifs is 1. The Labute approximate surface area is 156 Å².